The summed E-state index contributed by atoms with van der Waals surface area (Å²) < 4.78 is 5.47. The summed E-state index contributed by atoms with van der Waals surface area (Å²) in [5.41, 5.74) is 5.27. The highest BCUT2D eigenvalue weighted by molar-refractivity contribution is 5.80. The molecule has 16 heavy (non-hydrogen) atoms. The molecule has 88 valence electrons. The Morgan fingerprint density at radius 1 is 1.38 bits per heavy atom. The molecule has 1 rings (SSSR count). The van der Waals surface area contributed by atoms with Crippen molar-refractivity contribution in [3.63, 3.8) is 0 Å². The molecule has 0 aliphatic heterocycles. The Hall–Kier alpha value is -1.55. The van der Waals surface area contributed by atoms with E-state index in [2.05, 4.69) is 5.32 Å². The van der Waals surface area contributed by atoms with Crippen LogP contribution in [-0.4, -0.2) is 24.6 Å². The topological polar surface area (TPSA) is 64.3 Å². The van der Waals surface area contributed by atoms with Crippen molar-refractivity contribution in [2.75, 3.05) is 6.61 Å². The Kier molecular flexibility index (Phi) is 4.79. The van der Waals surface area contributed by atoms with Crippen LogP contribution in [0.2, 0.25) is 0 Å². The lowest BCUT2D eigenvalue weighted by atomic mass is 10.2. The number of ether oxygens (including phenoxy) is 1. The van der Waals surface area contributed by atoms with E-state index in [-0.39, 0.29) is 12.6 Å². The molecule has 0 aliphatic rings. The fourth-order valence-electron chi connectivity index (χ4n) is 1.31. The van der Waals surface area contributed by atoms with E-state index in [1.54, 1.807) is 0 Å². The van der Waals surface area contributed by atoms with Crippen LogP contribution in [-0.2, 0) is 4.79 Å². The van der Waals surface area contributed by atoms with Crippen LogP contribution in [0, 0.1) is 0 Å². The van der Waals surface area contributed by atoms with E-state index in [1.165, 1.54) is 0 Å². The zero-order valence-corrected chi connectivity index (χ0v) is 9.64. The lowest BCUT2D eigenvalue weighted by molar-refractivity contribution is -0.120. The van der Waals surface area contributed by atoms with E-state index in [4.69, 9.17) is 10.5 Å². The van der Waals surface area contributed by atoms with Crippen molar-refractivity contribution in [3.8, 4) is 5.75 Å². The normalized spacial score (nSPS) is 12.4. The van der Waals surface area contributed by atoms with Gasteiger partial charge in [0, 0.05) is 6.04 Å². The minimum Gasteiger partial charge on any atom is -0.491 e. The molecule has 0 spiro atoms. The van der Waals surface area contributed by atoms with E-state index in [0.717, 1.165) is 5.75 Å². The third-order valence-electron chi connectivity index (χ3n) is 2.04. The highest BCUT2D eigenvalue weighted by Crippen LogP contribution is 2.08. The molecule has 1 unspecified atom stereocenters. The van der Waals surface area contributed by atoms with Gasteiger partial charge in [-0.1, -0.05) is 32.0 Å². The highest BCUT2D eigenvalue weighted by Gasteiger charge is 2.16. The quantitative estimate of drug-likeness (QED) is 0.752. The molecule has 3 N–H and O–H groups in total. The van der Waals surface area contributed by atoms with Crippen LogP contribution in [0.5, 0.6) is 5.75 Å². The SMILES string of the molecule is CC(C)NC(COc1ccccc1)C(N)=O. The average molecular weight is 222 g/mol. The zero-order valence-electron chi connectivity index (χ0n) is 9.64. The largest absolute Gasteiger partial charge is 0.491 e. The van der Waals surface area contributed by atoms with Crippen molar-refractivity contribution in [2.45, 2.75) is 25.9 Å². The molecular formula is C12H18N2O2. The van der Waals surface area contributed by atoms with E-state index in [9.17, 15) is 4.79 Å². The molecule has 1 aromatic rings. The summed E-state index contributed by atoms with van der Waals surface area (Å²) in [6.45, 7) is 4.16. The van der Waals surface area contributed by atoms with Gasteiger partial charge < -0.3 is 15.8 Å². The maximum atomic E-state index is 11.1. The van der Waals surface area contributed by atoms with Crippen LogP contribution in [0.1, 0.15) is 13.8 Å². The van der Waals surface area contributed by atoms with Gasteiger partial charge in [0.15, 0.2) is 0 Å². The van der Waals surface area contributed by atoms with Gasteiger partial charge in [0.05, 0.1) is 0 Å². The molecule has 4 heteroatoms. The molecule has 0 aromatic heterocycles. The molecular weight excluding hydrogens is 204 g/mol. The minimum absolute atomic E-state index is 0.192. The first kappa shape index (κ1) is 12.5. The third kappa shape index (κ3) is 4.31. The molecule has 0 saturated heterocycles. The number of benzene rings is 1. The molecule has 0 radical (unpaired) electrons. The summed E-state index contributed by atoms with van der Waals surface area (Å²) in [4.78, 5) is 11.1. The Morgan fingerprint density at radius 3 is 2.50 bits per heavy atom. The summed E-state index contributed by atoms with van der Waals surface area (Å²) in [7, 11) is 0. The number of para-hydroxylation sites is 1. The molecule has 1 aromatic carbocycles. The van der Waals surface area contributed by atoms with Gasteiger partial charge in [-0.2, -0.15) is 0 Å². The Bertz CT molecular complexity index is 325. The van der Waals surface area contributed by atoms with Gasteiger partial charge in [0.2, 0.25) is 5.91 Å². The van der Waals surface area contributed by atoms with Gasteiger partial charge in [0.25, 0.3) is 0 Å². The fourth-order valence-corrected chi connectivity index (χ4v) is 1.31. The molecule has 4 nitrogen and oxygen atoms in total. The Balaban J connectivity index is 2.47. The minimum atomic E-state index is -0.458. The first-order chi connectivity index (χ1) is 7.59. The number of nitrogens with one attached hydrogen (secondary N) is 1. The summed E-state index contributed by atoms with van der Waals surface area (Å²) >= 11 is 0. The number of carbonyl (C=O) groups is 1. The highest BCUT2D eigenvalue weighted by atomic mass is 16.5. The Morgan fingerprint density at radius 2 is 2.00 bits per heavy atom. The number of primary amides is 1. The van der Waals surface area contributed by atoms with E-state index in [1.807, 2.05) is 44.2 Å². The van der Waals surface area contributed by atoms with Crippen LogP contribution in [0.4, 0.5) is 0 Å². The van der Waals surface area contributed by atoms with Crippen molar-refractivity contribution in [3.05, 3.63) is 30.3 Å². The number of nitrogens with two attached hydrogens (primary N) is 1. The first-order valence-electron chi connectivity index (χ1n) is 5.33. The summed E-state index contributed by atoms with van der Waals surface area (Å²) in [6.07, 6.45) is 0. The van der Waals surface area contributed by atoms with Gasteiger partial charge in [0.1, 0.15) is 18.4 Å². The second-order valence-electron chi connectivity index (χ2n) is 3.90. The van der Waals surface area contributed by atoms with Crippen LogP contribution >= 0.6 is 0 Å². The van der Waals surface area contributed by atoms with Gasteiger partial charge in [-0.05, 0) is 12.1 Å². The van der Waals surface area contributed by atoms with Crippen molar-refractivity contribution < 1.29 is 9.53 Å². The maximum Gasteiger partial charge on any atom is 0.238 e. The summed E-state index contributed by atoms with van der Waals surface area (Å²) in [5, 5.41) is 3.05. The predicted molar refractivity (Wildman–Crippen MR) is 63.2 cm³/mol. The van der Waals surface area contributed by atoms with Crippen molar-refractivity contribution in [1.82, 2.24) is 5.32 Å². The molecule has 0 heterocycles. The van der Waals surface area contributed by atoms with Crippen LogP contribution < -0.4 is 15.8 Å². The number of amides is 1. The maximum absolute atomic E-state index is 11.1. The van der Waals surface area contributed by atoms with Crippen LogP contribution in [0.3, 0.4) is 0 Å². The average Bonchev–Trinajstić information content (AvgIpc) is 2.25. The van der Waals surface area contributed by atoms with Gasteiger partial charge in [-0.15, -0.1) is 0 Å². The predicted octanol–water partition coefficient (Wildman–Crippen LogP) is 0.917. The van der Waals surface area contributed by atoms with Crippen molar-refractivity contribution >= 4 is 5.91 Å². The van der Waals surface area contributed by atoms with Gasteiger partial charge in [-0.3, -0.25) is 4.79 Å². The van der Waals surface area contributed by atoms with Crippen LogP contribution in [0.25, 0.3) is 0 Å². The number of carbonyl (C=O) groups excluding carboxylic acids is 1. The third-order valence-corrected chi connectivity index (χ3v) is 2.04. The number of hydrogen-bond acceptors (Lipinski definition) is 3. The fraction of sp³-hybridized carbons (Fsp3) is 0.417. The van der Waals surface area contributed by atoms with Gasteiger partial charge in [-0.25, -0.2) is 0 Å². The molecule has 0 fully saturated rings. The second kappa shape index (κ2) is 6.12. The lowest BCUT2D eigenvalue weighted by Gasteiger charge is -2.18. The molecule has 1 amide bonds. The molecule has 0 bridgehead atoms. The zero-order chi connectivity index (χ0) is 12.0. The first-order valence-corrected chi connectivity index (χ1v) is 5.33. The van der Waals surface area contributed by atoms with E-state index in [0.29, 0.717) is 0 Å². The van der Waals surface area contributed by atoms with Crippen molar-refractivity contribution in [2.24, 2.45) is 5.73 Å². The van der Waals surface area contributed by atoms with Gasteiger partial charge >= 0.3 is 0 Å². The molecule has 1 atom stereocenters. The molecule has 0 saturated carbocycles. The Labute approximate surface area is 95.8 Å². The summed E-state index contributed by atoms with van der Waals surface area (Å²) in [6, 6.07) is 9.08. The standard InChI is InChI=1S/C12H18N2O2/c1-9(2)14-11(12(13)15)8-16-10-6-4-3-5-7-10/h3-7,9,11,14H,8H2,1-2H3,(H2,13,15). The number of rotatable bonds is 6. The monoisotopic (exact) mass is 222 g/mol. The van der Waals surface area contributed by atoms with E-state index < -0.39 is 11.9 Å². The van der Waals surface area contributed by atoms with E-state index >= 15 is 0 Å². The lowest BCUT2D eigenvalue weighted by Crippen LogP contribution is -2.48. The smallest absolute Gasteiger partial charge is 0.238 e. The second-order valence-corrected chi connectivity index (χ2v) is 3.90. The molecule has 0 aliphatic carbocycles. The number of hydrogen-bond donors (Lipinski definition) is 2. The van der Waals surface area contributed by atoms with Crippen molar-refractivity contribution in [1.29, 1.82) is 0 Å². The summed E-state index contributed by atoms with van der Waals surface area (Å²) in [5.74, 6) is 0.337. The van der Waals surface area contributed by atoms with Crippen LogP contribution in [0.15, 0.2) is 30.3 Å².